The first kappa shape index (κ1) is 31.9. The van der Waals surface area contributed by atoms with Gasteiger partial charge in [0.25, 0.3) is 0 Å². The molecule has 3 unspecified atom stereocenters. The summed E-state index contributed by atoms with van der Waals surface area (Å²) < 4.78 is 34.5. The largest absolute Gasteiger partial charge is 0.468 e. The van der Waals surface area contributed by atoms with Crippen LogP contribution in [-0.2, 0) is 18.9 Å². The van der Waals surface area contributed by atoms with Crippen molar-refractivity contribution >= 4 is 30.2 Å². The van der Waals surface area contributed by atoms with Crippen molar-refractivity contribution in [3.05, 3.63) is 23.8 Å². The minimum absolute atomic E-state index is 0.0475. The van der Waals surface area contributed by atoms with E-state index in [0.717, 1.165) is 0 Å². The Balaban J connectivity index is 2.91. The molecule has 1 aromatic rings. The molecular weight excluding hydrogens is 497 g/mol. The molecule has 0 radical (unpaired) electrons. The highest BCUT2D eigenvalue weighted by molar-refractivity contribution is 6.78. The van der Waals surface area contributed by atoms with E-state index in [9.17, 15) is 4.79 Å². The van der Waals surface area contributed by atoms with Crippen LogP contribution in [0.2, 0.25) is 58.9 Å². The van der Waals surface area contributed by atoms with Gasteiger partial charge in [0.1, 0.15) is 17.1 Å². The van der Waals surface area contributed by atoms with Gasteiger partial charge in [0.2, 0.25) is 0 Å². The number of benzene rings is 1. The van der Waals surface area contributed by atoms with Gasteiger partial charge in [-0.2, -0.15) is 0 Å². The molecule has 3 atom stereocenters. The third kappa shape index (κ3) is 11.6. The first-order valence-corrected chi connectivity index (χ1v) is 23.1. The average molecular weight is 545 g/mol. The fourth-order valence-electron chi connectivity index (χ4n) is 2.31. The monoisotopic (exact) mass is 544 g/mol. The summed E-state index contributed by atoms with van der Waals surface area (Å²) in [5.41, 5.74) is 0.574. The van der Waals surface area contributed by atoms with Crippen LogP contribution >= 0.6 is 0 Å². The molecule has 1 aromatic carbocycles. The van der Waals surface area contributed by atoms with Gasteiger partial charge in [-0.05, 0) is 39.0 Å². The summed E-state index contributed by atoms with van der Waals surface area (Å²) in [6, 6.07) is 5.06. The van der Waals surface area contributed by atoms with Gasteiger partial charge in [0, 0.05) is 17.2 Å². The maximum Gasteiger partial charge on any atom is 0.344 e. The molecule has 0 heterocycles. The average Bonchev–Trinajstić information content (AvgIpc) is 2.72. The predicted octanol–water partition coefficient (Wildman–Crippen LogP) is 6.32. The number of rotatable bonds is 15. The highest BCUT2D eigenvalue weighted by Crippen LogP contribution is 2.26. The van der Waals surface area contributed by atoms with Crippen LogP contribution < -0.4 is 9.47 Å². The van der Waals surface area contributed by atoms with Crippen molar-refractivity contribution in [2.75, 3.05) is 20.4 Å². The molecule has 0 saturated heterocycles. The molecule has 0 aliphatic heterocycles. The molecule has 0 aliphatic rings. The van der Waals surface area contributed by atoms with E-state index >= 15 is 0 Å². The fraction of sp³-hybridized carbons (Fsp3) is 0.720. The van der Waals surface area contributed by atoms with Crippen molar-refractivity contribution in [3.63, 3.8) is 0 Å². The zero-order valence-corrected chi connectivity index (χ0v) is 26.9. The van der Waals surface area contributed by atoms with E-state index in [0.29, 0.717) is 11.5 Å². The number of hydrogen-bond acceptors (Lipinski definition) is 7. The smallest absolute Gasteiger partial charge is 0.344 e. The molecule has 0 spiro atoms. The van der Waals surface area contributed by atoms with Gasteiger partial charge < -0.3 is 28.4 Å². The van der Waals surface area contributed by atoms with Crippen LogP contribution in [0.3, 0.4) is 0 Å². The SMILES string of the molecule is CC(OCOC(=O)c1cc(OCOC(C)[Si](C)(C)C)ccc1OCOC(C)[Si](C)(C)C)[Si](C)(C)C. The maximum absolute atomic E-state index is 12.9. The summed E-state index contributed by atoms with van der Waals surface area (Å²) in [5, 5.41) is 0. The Morgan fingerprint density at radius 2 is 1.11 bits per heavy atom. The normalized spacial score (nSPS) is 15.3. The number of carbonyl (C=O) groups excluding carboxylic acids is 1. The Morgan fingerprint density at radius 1 is 0.686 bits per heavy atom. The lowest BCUT2D eigenvalue weighted by molar-refractivity contribution is -0.0416. The molecule has 10 heteroatoms. The van der Waals surface area contributed by atoms with E-state index in [1.165, 1.54) is 0 Å². The highest BCUT2D eigenvalue weighted by Gasteiger charge is 2.26. The van der Waals surface area contributed by atoms with Crippen LogP contribution in [0.4, 0.5) is 0 Å². The van der Waals surface area contributed by atoms with Gasteiger partial charge in [-0.3, -0.25) is 0 Å². The second kappa shape index (κ2) is 13.4. The minimum atomic E-state index is -1.50. The van der Waals surface area contributed by atoms with E-state index < -0.39 is 30.2 Å². The van der Waals surface area contributed by atoms with E-state index in [-0.39, 0.29) is 43.1 Å². The van der Waals surface area contributed by atoms with Gasteiger partial charge >= 0.3 is 5.97 Å². The van der Waals surface area contributed by atoms with Crippen LogP contribution in [0.25, 0.3) is 0 Å². The second-order valence-corrected chi connectivity index (χ2v) is 28.9. The Kier molecular flexibility index (Phi) is 12.2. The van der Waals surface area contributed by atoms with Gasteiger partial charge in [0.15, 0.2) is 20.4 Å². The third-order valence-corrected chi connectivity index (χ3v) is 14.2. The molecule has 0 fully saturated rings. The van der Waals surface area contributed by atoms with Crippen LogP contribution in [0, 0.1) is 0 Å². The second-order valence-electron chi connectivity index (χ2n) is 12.3. The lowest BCUT2D eigenvalue weighted by atomic mass is 10.2. The zero-order valence-electron chi connectivity index (χ0n) is 23.9. The van der Waals surface area contributed by atoms with Gasteiger partial charge in [0.05, 0.1) is 24.2 Å². The number of ether oxygens (including phenoxy) is 6. The Hall–Kier alpha value is -1.18. The first-order chi connectivity index (χ1) is 15.9. The van der Waals surface area contributed by atoms with Crippen molar-refractivity contribution < 1.29 is 33.2 Å². The Morgan fingerprint density at radius 3 is 1.57 bits per heavy atom. The van der Waals surface area contributed by atoms with Crippen LogP contribution in [0.15, 0.2) is 18.2 Å². The topological polar surface area (TPSA) is 72.5 Å². The third-order valence-electron chi connectivity index (χ3n) is 6.41. The summed E-state index contributed by atoms with van der Waals surface area (Å²) in [7, 11) is -4.39. The van der Waals surface area contributed by atoms with Crippen LogP contribution in [-0.4, -0.2) is 67.8 Å². The highest BCUT2D eigenvalue weighted by atomic mass is 28.3. The summed E-state index contributed by atoms with van der Waals surface area (Å²) in [6.07, 6.45) is 0. The molecule has 0 bridgehead atoms. The Bertz CT molecular complexity index is 798. The number of hydrogen-bond donors (Lipinski definition) is 0. The van der Waals surface area contributed by atoms with E-state index in [4.69, 9.17) is 28.4 Å². The summed E-state index contributed by atoms with van der Waals surface area (Å²) in [4.78, 5) is 12.9. The Labute approximate surface area is 215 Å². The van der Waals surface area contributed by atoms with Crippen molar-refractivity contribution in [1.82, 2.24) is 0 Å². The molecule has 202 valence electrons. The van der Waals surface area contributed by atoms with Crippen molar-refractivity contribution in [1.29, 1.82) is 0 Å². The molecule has 35 heavy (non-hydrogen) atoms. The van der Waals surface area contributed by atoms with E-state index in [1.807, 2.05) is 6.92 Å². The van der Waals surface area contributed by atoms with E-state index in [1.54, 1.807) is 18.2 Å². The lowest BCUT2D eigenvalue weighted by Crippen LogP contribution is -2.38. The van der Waals surface area contributed by atoms with Gasteiger partial charge in [-0.25, -0.2) is 4.79 Å². The van der Waals surface area contributed by atoms with Gasteiger partial charge in [-0.15, -0.1) is 0 Å². The molecule has 7 nitrogen and oxygen atoms in total. The predicted molar refractivity (Wildman–Crippen MR) is 149 cm³/mol. The standard InChI is InChI=1S/C25H48O7Si3/c1-19(33(4,5)6)27-16-30-22-13-14-24(31-17-28-20(2)34(7,8)9)23(15-22)25(26)32-18-29-21(3)35(10,11)12/h13-15,19-21H,16-18H2,1-12H3. The molecule has 0 aliphatic carbocycles. The van der Waals surface area contributed by atoms with E-state index in [2.05, 4.69) is 72.8 Å². The molecule has 0 N–H and O–H groups in total. The minimum Gasteiger partial charge on any atom is -0.468 e. The summed E-state index contributed by atoms with van der Waals surface area (Å²) >= 11 is 0. The fourth-order valence-corrected chi connectivity index (χ4v) is 4.01. The first-order valence-electron chi connectivity index (χ1n) is 12.3. The molecular formula is C25H48O7Si3. The quantitative estimate of drug-likeness (QED) is 0.145. The summed E-state index contributed by atoms with van der Waals surface area (Å²) in [5.74, 6) is 0.336. The van der Waals surface area contributed by atoms with Crippen LogP contribution in [0.5, 0.6) is 11.5 Å². The maximum atomic E-state index is 12.9. The zero-order chi connectivity index (χ0) is 27.0. The summed E-state index contributed by atoms with van der Waals surface area (Å²) in [6.45, 7) is 26.2. The number of esters is 1. The molecule has 0 amide bonds. The van der Waals surface area contributed by atoms with Gasteiger partial charge in [-0.1, -0.05) is 58.9 Å². The molecule has 1 rings (SSSR count). The van der Waals surface area contributed by atoms with Crippen molar-refractivity contribution in [2.24, 2.45) is 0 Å². The van der Waals surface area contributed by atoms with Crippen LogP contribution in [0.1, 0.15) is 31.1 Å². The van der Waals surface area contributed by atoms with Crippen molar-refractivity contribution in [3.8, 4) is 11.5 Å². The lowest BCUT2D eigenvalue weighted by Gasteiger charge is -2.26. The molecule has 0 aromatic heterocycles. The van der Waals surface area contributed by atoms with Crippen molar-refractivity contribution in [2.45, 2.75) is 96.9 Å². The molecule has 0 saturated carbocycles. The number of carbonyl (C=O) groups is 1.